The molecule has 0 aliphatic rings. The molecule has 0 bridgehead atoms. The van der Waals surface area contributed by atoms with Crippen molar-refractivity contribution in [3.05, 3.63) is 12.2 Å². The Bertz CT molecular complexity index is 392. The minimum absolute atomic E-state index is 0.0914. The number of carbonyl (C=O) groups is 1. The zero-order valence-corrected chi connectivity index (χ0v) is 13.7. The minimum atomic E-state index is -4.42. The summed E-state index contributed by atoms with van der Waals surface area (Å²) in [6.07, 6.45) is 0. The molecule has 0 heterocycles. The molecular formula is C12H25NO6S. The molecule has 0 spiro atoms. The van der Waals surface area contributed by atoms with Crippen LogP contribution >= 0.6 is 0 Å². The molecule has 0 fully saturated rings. The van der Waals surface area contributed by atoms with Crippen LogP contribution < -0.4 is 0 Å². The van der Waals surface area contributed by atoms with E-state index in [0.717, 1.165) is 19.6 Å². The molecule has 0 atom stereocenters. The van der Waals surface area contributed by atoms with E-state index in [1.165, 1.54) is 6.92 Å². The van der Waals surface area contributed by atoms with Crippen LogP contribution in [0, 0.1) is 0 Å². The topological polar surface area (TPSA) is 92.7 Å². The lowest BCUT2D eigenvalue weighted by molar-refractivity contribution is -1.08. The van der Waals surface area contributed by atoms with E-state index < -0.39 is 10.4 Å². The van der Waals surface area contributed by atoms with Gasteiger partial charge in [0.15, 0.2) is 0 Å². The highest BCUT2D eigenvalue weighted by molar-refractivity contribution is 7.80. The molecule has 0 saturated heterocycles. The number of hydrogen-bond acceptors (Lipinski definition) is 6. The maximum Gasteiger partial charge on any atom is 0.392 e. The van der Waals surface area contributed by atoms with Gasteiger partial charge in [-0.3, -0.25) is 9.02 Å². The number of hydroxylamine groups is 3. The number of rotatable bonds is 7. The fourth-order valence-corrected chi connectivity index (χ4v) is 1.55. The molecule has 20 heavy (non-hydrogen) atoms. The molecule has 0 aromatic rings. The predicted octanol–water partition coefficient (Wildman–Crippen LogP) is 1.38. The predicted molar refractivity (Wildman–Crippen MR) is 74.1 cm³/mol. The van der Waals surface area contributed by atoms with Crippen LogP contribution in [0.4, 0.5) is 0 Å². The lowest BCUT2D eigenvalue weighted by Gasteiger charge is -2.31. The van der Waals surface area contributed by atoms with Crippen molar-refractivity contribution in [1.82, 2.24) is 0 Å². The summed E-state index contributed by atoms with van der Waals surface area (Å²) in [5, 5.41) is 0. The molecule has 120 valence electrons. The summed E-state index contributed by atoms with van der Waals surface area (Å²) in [6, 6.07) is 0. The molecule has 0 aromatic heterocycles. The van der Waals surface area contributed by atoms with Gasteiger partial charge in [0.25, 0.3) is 0 Å². The molecule has 8 heteroatoms. The van der Waals surface area contributed by atoms with Crippen molar-refractivity contribution in [2.75, 3.05) is 26.2 Å². The van der Waals surface area contributed by atoms with E-state index in [2.05, 4.69) is 10.8 Å². The first-order valence-corrected chi connectivity index (χ1v) is 7.76. The van der Waals surface area contributed by atoms with Gasteiger partial charge < -0.3 is 4.55 Å². The van der Waals surface area contributed by atoms with E-state index in [1.807, 2.05) is 20.8 Å². The second kappa shape index (κ2) is 9.87. The standard InChI is InChI=1S/C10H20NO2.C2H6O4S/c1-6-11(7-2,8-3)13-10(12)9(4)5;1-2-6-7(3,4)5/h4,6-8H2,1-3,5H3;2H2,1H3,(H,3,4,5)/q+1;/p-1. The number of quaternary nitrogens is 1. The molecule has 0 N–H and O–H groups in total. The van der Waals surface area contributed by atoms with Crippen LogP contribution in [0.5, 0.6) is 0 Å². The van der Waals surface area contributed by atoms with Gasteiger partial charge in [-0.05, 0) is 34.6 Å². The maximum atomic E-state index is 11.3. The van der Waals surface area contributed by atoms with E-state index in [0.29, 0.717) is 10.2 Å². The Kier molecular flexibility index (Phi) is 10.5. The first-order chi connectivity index (χ1) is 9.07. The minimum Gasteiger partial charge on any atom is -0.726 e. The Labute approximate surface area is 121 Å². The molecule has 0 unspecified atom stereocenters. The highest BCUT2D eigenvalue weighted by atomic mass is 32.3. The summed E-state index contributed by atoms with van der Waals surface area (Å²) in [7, 11) is -4.42. The summed E-state index contributed by atoms with van der Waals surface area (Å²) in [5.74, 6) is -0.300. The van der Waals surface area contributed by atoms with Crippen molar-refractivity contribution < 1.29 is 31.4 Å². The van der Waals surface area contributed by atoms with Gasteiger partial charge in [0.05, 0.1) is 6.61 Å². The van der Waals surface area contributed by atoms with E-state index in [4.69, 9.17) is 4.84 Å². The van der Waals surface area contributed by atoms with Gasteiger partial charge in [-0.25, -0.2) is 13.2 Å². The van der Waals surface area contributed by atoms with Gasteiger partial charge >= 0.3 is 5.97 Å². The quantitative estimate of drug-likeness (QED) is 0.232. The smallest absolute Gasteiger partial charge is 0.392 e. The van der Waals surface area contributed by atoms with Crippen LogP contribution in [0.25, 0.3) is 0 Å². The van der Waals surface area contributed by atoms with Crippen molar-refractivity contribution in [3.8, 4) is 0 Å². The second-order valence-electron chi connectivity index (χ2n) is 3.98. The normalized spacial score (nSPS) is 11.3. The molecular weight excluding hydrogens is 286 g/mol. The summed E-state index contributed by atoms with van der Waals surface area (Å²) in [5.41, 5.74) is 0.456. The second-order valence-corrected chi connectivity index (χ2v) is 5.03. The van der Waals surface area contributed by atoms with Crippen molar-refractivity contribution in [1.29, 1.82) is 0 Å². The maximum absolute atomic E-state index is 11.3. The molecule has 0 radical (unpaired) electrons. The molecule has 7 nitrogen and oxygen atoms in total. The Morgan fingerprint density at radius 1 is 1.15 bits per heavy atom. The number of hydrogen-bond donors (Lipinski definition) is 0. The van der Waals surface area contributed by atoms with Crippen LogP contribution in [-0.4, -0.2) is 49.8 Å². The van der Waals surface area contributed by atoms with Crippen LogP contribution in [0.3, 0.4) is 0 Å². The third-order valence-electron chi connectivity index (χ3n) is 2.62. The highest BCUT2D eigenvalue weighted by Gasteiger charge is 2.27. The Morgan fingerprint density at radius 2 is 1.55 bits per heavy atom. The zero-order valence-electron chi connectivity index (χ0n) is 12.8. The van der Waals surface area contributed by atoms with E-state index in [1.54, 1.807) is 6.92 Å². The Hall–Kier alpha value is -0.960. The number of nitrogens with zero attached hydrogens (tertiary/aromatic N) is 1. The average molecular weight is 311 g/mol. The fourth-order valence-electron chi connectivity index (χ4n) is 1.26. The number of carbonyl (C=O) groups excluding carboxylic acids is 1. The summed E-state index contributed by atoms with van der Waals surface area (Å²) < 4.78 is 32.4. The Morgan fingerprint density at radius 3 is 1.70 bits per heavy atom. The lowest BCUT2D eigenvalue weighted by Crippen LogP contribution is -2.48. The van der Waals surface area contributed by atoms with Gasteiger partial charge in [-0.1, -0.05) is 6.58 Å². The van der Waals surface area contributed by atoms with Crippen molar-refractivity contribution in [2.24, 2.45) is 0 Å². The highest BCUT2D eigenvalue weighted by Crippen LogP contribution is 2.09. The summed E-state index contributed by atoms with van der Waals surface area (Å²) in [6.45, 7) is 15.0. The van der Waals surface area contributed by atoms with Gasteiger partial charge in [0.1, 0.15) is 19.6 Å². The largest absolute Gasteiger partial charge is 0.726 e. The van der Waals surface area contributed by atoms with Gasteiger partial charge in [-0.15, -0.1) is 4.65 Å². The van der Waals surface area contributed by atoms with Crippen LogP contribution in [0.2, 0.25) is 0 Å². The fraction of sp³-hybridized carbons (Fsp3) is 0.750. The van der Waals surface area contributed by atoms with Crippen molar-refractivity contribution in [2.45, 2.75) is 34.6 Å². The van der Waals surface area contributed by atoms with E-state index >= 15 is 0 Å². The molecule has 0 aromatic carbocycles. The lowest BCUT2D eigenvalue weighted by atomic mass is 10.4. The van der Waals surface area contributed by atoms with Gasteiger partial charge in [0.2, 0.25) is 10.4 Å². The third-order valence-corrected chi connectivity index (χ3v) is 3.14. The van der Waals surface area contributed by atoms with Crippen molar-refractivity contribution >= 4 is 16.4 Å². The zero-order chi connectivity index (χ0) is 16.4. The SMILES string of the molecule is C=C(C)C(=O)O[N+](CC)(CC)CC.CCOS(=O)(=O)[O-]. The first kappa shape index (κ1) is 21.3. The summed E-state index contributed by atoms with van der Waals surface area (Å²) >= 11 is 0. The summed E-state index contributed by atoms with van der Waals surface area (Å²) in [4.78, 5) is 16.6. The molecule has 0 amide bonds. The van der Waals surface area contributed by atoms with E-state index in [-0.39, 0.29) is 12.6 Å². The molecule has 0 saturated carbocycles. The van der Waals surface area contributed by atoms with Crippen molar-refractivity contribution in [3.63, 3.8) is 0 Å². The monoisotopic (exact) mass is 311 g/mol. The van der Waals surface area contributed by atoms with Crippen LogP contribution in [0.1, 0.15) is 34.6 Å². The van der Waals surface area contributed by atoms with Crippen LogP contribution in [-0.2, 0) is 24.2 Å². The molecule has 0 aliphatic carbocycles. The first-order valence-electron chi connectivity index (χ1n) is 6.43. The van der Waals surface area contributed by atoms with E-state index in [9.17, 15) is 17.8 Å². The third kappa shape index (κ3) is 9.90. The van der Waals surface area contributed by atoms with Gasteiger partial charge in [-0.2, -0.15) is 0 Å². The molecule has 0 rings (SSSR count). The molecule has 0 aliphatic heterocycles. The van der Waals surface area contributed by atoms with Crippen LogP contribution in [0.15, 0.2) is 12.2 Å². The Balaban J connectivity index is 0. The van der Waals surface area contributed by atoms with Gasteiger partial charge in [0, 0.05) is 5.57 Å². The average Bonchev–Trinajstić information content (AvgIpc) is 2.35.